The average molecular weight is 250 g/mol. The van der Waals surface area contributed by atoms with E-state index in [-0.39, 0.29) is 11.2 Å². The Kier molecular flexibility index (Phi) is 4.11. The highest BCUT2D eigenvalue weighted by Gasteiger charge is 2.40. The number of ketones is 1. The first-order chi connectivity index (χ1) is 8.73. The molecule has 1 fully saturated rings. The fourth-order valence-corrected chi connectivity index (χ4v) is 2.83. The molecule has 1 saturated carbocycles. The van der Waals surface area contributed by atoms with E-state index in [9.17, 15) is 4.79 Å². The molecule has 5 nitrogen and oxygen atoms in total. The molecule has 18 heavy (non-hydrogen) atoms. The molecular formula is C13H22N4O. The van der Waals surface area contributed by atoms with Gasteiger partial charge in [-0.2, -0.15) is 0 Å². The Morgan fingerprint density at radius 3 is 2.78 bits per heavy atom. The first-order valence-electron chi connectivity index (χ1n) is 6.87. The Hall–Kier alpha value is -1.23. The molecule has 1 heterocycles. The van der Waals surface area contributed by atoms with Gasteiger partial charge >= 0.3 is 0 Å². The van der Waals surface area contributed by atoms with E-state index in [1.807, 2.05) is 0 Å². The Morgan fingerprint density at radius 1 is 1.44 bits per heavy atom. The minimum absolute atomic E-state index is 0.142. The molecule has 0 saturated heterocycles. The first kappa shape index (κ1) is 13.2. The zero-order chi connectivity index (χ0) is 13.0. The van der Waals surface area contributed by atoms with Crippen LogP contribution in [0.3, 0.4) is 0 Å². The van der Waals surface area contributed by atoms with Crippen molar-refractivity contribution in [2.45, 2.75) is 52.0 Å². The number of aromatic nitrogens is 3. The van der Waals surface area contributed by atoms with Gasteiger partial charge in [0.05, 0.1) is 6.20 Å². The maximum atomic E-state index is 12.7. The molecule has 0 radical (unpaired) electrons. The number of rotatable bonds is 5. The number of carbonyl (C=O) groups excluding carboxylic acids is 1. The van der Waals surface area contributed by atoms with E-state index < -0.39 is 0 Å². The second-order valence-corrected chi connectivity index (χ2v) is 5.22. The summed E-state index contributed by atoms with van der Waals surface area (Å²) >= 11 is 0. The maximum absolute atomic E-state index is 12.7. The fraction of sp³-hybridized carbons (Fsp3) is 0.769. The van der Waals surface area contributed by atoms with Crippen molar-refractivity contribution in [2.75, 3.05) is 6.54 Å². The van der Waals surface area contributed by atoms with Crippen LogP contribution in [0.5, 0.6) is 0 Å². The highest BCUT2D eigenvalue weighted by atomic mass is 16.1. The van der Waals surface area contributed by atoms with Gasteiger partial charge in [-0.15, -0.1) is 5.10 Å². The zero-order valence-corrected chi connectivity index (χ0v) is 11.1. The molecule has 2 N–H and O–H groups in total. The van der Waals surface area contributed by atoms with Gasteiger partial charge in [0.25, 0.3) is 0 Å². The van der Waals surface area contributed by atoms with Crippen molar-refractivity contribution in [3.8, 4) is 0 Å². The summed E-state index contributed by atoms with van der Waals surface area (Å²) in [5, 5.41) is 7.87. The number of hydrogen-bond acceptors (Lipinski definition) is 4. The van der Waals surface area contributed by atoms with E-state index in [4.69, 9.17) is 5.73 Å². The molecular weight excluding hydrogens is 228 g/mol. The largest absolute Gasteiger partial charge is 0.329 e. The Labute approximate surface area is 108 Å². The van der Waals surface area contributed by atoms with Crippen LogP contribution in [-0.4, -0.2) is 27.3 Å². The van der Waals surface area contributed by atoms with Crippen LogP contribution in [0.25, 0.3) is 0 Å². The zero-order valence-electron chi connectivity index (χ0n) is 11.1. The lowest BCUT2D eigenvalue weighted by Gasteiger charge is -2.34. The standard InChI is InChI=1S/C13H22N4O/c1-2-8-17-11(9-15-16-17)12(18)13(10-14)6-4-3-5-7-13/h9H,2-8,10,14H2,1H3. The van der Waals surface area contributed by atoms with Gasteiger partial charge in [-0.1, -0.05) is 31.4 Å². The van der Waals surface area contributed by atoms with Crippen LogP contribution in [0.2, 0.25) is 0 Å². The summed E-state index contributed by atoms with van der Waals surface area (Å²) in [4.78, 5) is 12.7. The quantitative estimate of drug-likeness (QED) is 0.808. The topological polar surface area (TPSA) is 73.8 Å². The van der Waals surface area contributed by atoms with Crippen LogP contribution in [0.15, 0.2) is 6.20 Å². The molecule has 0 spiro atoms. The SMILES string of the molecule is CCCn1nncc1C(=O)C1(CN)CCCCC1. The van der Waals surface area contributed by atoms with E-state index in [2.05, 4.69) is 17.2 Å². The van der Waals surface area contributed by atoms with E-state index in [1.165, 1.54) is 6.42 Å². The minimum atomic E-state index is -0.370. The third-order valence-corrected chi connectivity index (χ3v) is 3.97. The minimum Gasteiger partial charge on any atom is -0.329 e. The van der Waals surface area contributed by atoms with E-state index in [0.717, 1.165) is 38.6 Å². The van der Waals surface area contributed by atoms with Crippen molar-refractivity contribution in [2.24, 2.45) is 11.1 Å². The van der Waals surface area contributed by atoms with Gasteiger partial charge in [-0.3, -0.25) is 4.79 Å². The molecule has 2 rings (SSSR count). The van der Waals surface area contributed by atoms with Crippen LogP contribution in [0.1, 0.15) is 55.9 Å². The van der Waals surface area contributed by atoms with Gasteiger partial charge in [0.15, 0.2) is 5.78 Å². The molecule has 0 aromatic carbocycles. The van der Waals surface area contributed by atoms with Crippen LogP contribution >= 0.6 is 0 Å². The Bertz CT molecular complexity index is 407. The van der Waals surface area contributed by atoms with Crippen molar-refractivity contribution in [3.05, 3.63) is 11.9 Å². The summed E-state index contributed by atoms with van der Waals surface area (Å²) in [7, 11) is 0. The van der Waals surface area contributed by atoms with Gasteiger partial charge in [-0.25, -0.2) is 4.68 Å². The van der Waals surface area contributed by atoms with Gasteiger partial charge in [0.1, 0.15) is 5.69 Å². The van der Waals surface area contributed by atoms with Crippen LogP contribution in [0, 0.1) is 5.41 Å². The van der Waals surface area contributed by atoms with Crippen molar-refractivity contribution in [1.82, 2.24) is 15.0 Å². The van der Waals surface area contributed by atoms with E-state index in [0.29, 0.717) is 12.2 Å². The van der Waals surface area contributed by atoms with Gasteiger partial charge in [-0.05, 0) is 19.3 Å². The van der Waals surface area contributed by atoms with Crippen molar-refractivity contribution in [3.63, 3.8) is 0 Å². The van der Waals surface area contributed by atoms with Gasteiger partial charge in [0.2, 0.25) is 0 Å². The molecule has 0 aliphatic heterocycles. The number of Topliss-reactive ketones (excluding diaryl/α,β-unsaturated/α-hetero) is 1. The maximum Gasteiger partial charge on any atom is 0.189 e. The average Bonchev–Trinajstić information content (AvgIpc) is 2.87. The molecule has 0 amide bonds. The second-order valence-electron chi connectivity index (χ2n) is 5.22. The summed E-state index contributed by atoms with van der Waals surface area (Å²) in [6, 6.07) is 0. The van der Waals surface area contributed by atoms with E-state index in [1.54, 1.807) is 10.9 Å². The van der Waals surface area contributed by atoms with Crippen LogP contribution < -0.4 is 5.73 Å². The molecule has 1 aromatic rings. The highest BCUT2D eigenvalue weighted by Crippen LogP contribution is 2.38. The number of hydrogen-bond donors (Lipinski definition) is 1. The summed E-state index contributed by atoms with van der Waals surface area (Å²) in [6.07, 6.45) is 7.74. The number of nitrogens with zero attached hydrogens (tertiary/aromatic N) is 3. The molecule has 100 valence electrons. The molecule has 1 aliphatic carbocycles. The van der Waals surface area contributed by atoms with Gasteiger partial charge in [0, 0.05) is 18.5 Å². The Balaban J connectivity index is 2.25. The summed E-state index contributed by atoms with van der Waals surface area (Å²) < 4.78 is 1.72. The number of aryl methyl sites for hydroxylation is 1. The summed E-state index contributed by atoms with van der Waals surface area (Å²) in [5.41, 5.74) is 6.16. The lowest BCUT2D eigenvalue weighted by atomic mass is 9.70. The lowest BCUT2D eigenvalue weighted by molar-refractivity contribution is 0.0717. The molecule has 0 atom stereocenters. The van der Waals surface area contributed by atoms with Gasteiger partial charge < -0.3 is 5.73 Å². The predicted molar refractivity (Wildman–Crippen MR) is 69.2 cm³/mol. The smallest absolute Gasteiger partial charge is 0.189 e. The summed E-state index contributed by atoms with van der Waals surface area (Å²) in [5.74, 6) is 0.142. The molecule has 0 unspecified atom stereocenters. The third kappa shape index (κ3) is 2.32. The normalized spacial score (nSPS) is 18.8. The molecule has 5 heteroatoms. The number of carbonyl (C=O) groups is 1. The monoisotopic (exact) mass is 250 g/mol. The van der Waals surface area contributed by atoms with Crippen LogP contribution in [0.4, 0.5) is 0 Å². The van der Waals surface area contributed by atoms with Crippen molar-refractivity contribution >= 4 is 5.78 Å². The molecule has 0 bridgehead atoms. The second kappa shape index (κ2) is 5.61. The highest BCUT2D eigenvalue weighted by molar-refractivity contribution is 5.99. The summed E-state index contributed by atoms with van der Waals surface area (Å²) in [6.45, 7) is 3.24. The predicted octanol–water partition coefficient (Wildman–Crippen LogP) is 1.78. The van der Waals surface area contributed by atoms with Crippen molar-refractivity contribution < 1.29 is 4.79 Å². The first-order valence-corrected chi connectivity index (χ1v) is 6.87. The van der Waals surface area contributed by atoms with Crippen molar-refractivity contribution in [1.29, 1.82) is 0 Å². The number of nitrogens with two attached hydrogens (primary N) is 1. The van der Waals surface area contributed by atoms with Crippen LogP contribution in [-0.2, 0) is 6.54 Å². The van der Waals surface area contributed by atoms with E-state index >= 15 is 0 Å². The Morgan fingerprint density at radius 2 is 2.17 bits per heavy atom. The molecule has 1 aromatic heterocycles. The fourth-order valence-electron chi connectivity index (χ4n) is 2.83. The lowest BCUT2D eigenvalue weighted by Crippen LogP contribution is -2.41. The molecule has 1 aliphatic rings. The third-order valence-electron chi connectivity index (χ3n) is 3.97.